The summed E-state index contributed by atoms with van der Waals surface area (Å²) in [4.78, 5) is 15.1. The largest absolute Gasteiger partial charge is 0.312 e. The number of amides is 1. The molecule has 2 saturated heterocycles. The number of piperidine rings is 1. The monoisotopic (exact) mass is 404 g/mol. The molecule has 0 saturated carbocycles. The molecule has 1 spiro atoms. The Hall–Kier alpha value is -1.89. The Kier molecular flexibility index (Phi) is 4.74. The van der Waals surface area contributed by atoms with E-state index in [0.29, 0.717) is 32.4 Å². The highest BCUT2D eigenvalue weighted by molar-refractivity contribution is 7.89. The van der Waals surface area contributed by atoms with Gasteiger partial charge in [-0.15, -0.1) is 0 Å². The van der Waals surface area contributed by atoms with Crippen LogP contribution in [0.15, 0.2) is 59.5 Å². The van der Waals surface area contributed by atoms with Crippen molar-refractivity contribution in [3.05, 3.63) is 59.6 Å². The zero-order chi connectivity index (χ0) is 19.1. The predicted octanol–water partition coefficient (Wildman–Crippen LogP) is 3.55. The molecule has 2 aliphatic heterocycles. The van der Waals surface area contributed by atoms with Crippen molar-refractivity contribution in [1.29, 1.82) is 0 Å². The van der Waals surface area contributed by atoms with Gasteiger partial charge < -0.3 is 4.90 Å². The number of anilines is 1. The van der Waals surface area contributed by atoms with Crippen LogP contribution in [0.25, 0.3) is 0 Å². The van der Waals surface area contributed by atoms with E-state index in [-0.39, 0.29) is 22.4 Å². The molecular weight excluding hydrogens is 384 g/mol. The van der Waals surface area contributed by atoms with E-state index in [2.05, 4.69) is 0 Å². The molecule has 0 radical (unpaired) electrons. The smallest absolute Gasteiger partial charge is 0.244 e. The van der Waals surface area contributed by atoms with Gasteiger partial charge in [0.15, 0.2) is 0 Å². The first-order valence-electron chi connectivity index (χ1n) is 9.06. The second-order valence-corrected chi connectivity index (χ2v) is 9.51. The van der Waals surface area contributed by atoms with Crippen LogP contribution in [0, 0.1) is 5.41 Å². The molecule has 5 nitrogen and oxygen atoms in total. The van der Waals surface area contributed by atoms with Crippen LogP contribution in [-0.4, -0.2) is 38.3 Å². The zero-order valence-corrected chi connectivity index (χ0v) is 16.4. The first kappa shape index (κ1) is 18.5. The molecular formula is C20H21ClN2O3S. The molecule has 2 aromatic carbocycles. The zero-order valence-electron chi connectivity index (χ0n) is 14.8. The van der Waals surface area contributed by atoms with Gasteiger partial charge in [-0.3, -0.25) is 4.79 Å². The summed E-state index contributed by atoms with van der Waals surface area (Å²) in [6, 6.07) is 16.0. The highest BCUT2D eigenvalue weighted by Crippen LogP contribution is 2.43. The van der Waals surface area contributed by atoms with Crippen LogP contribution in [0.2, 0.25) is 5.02 Å². The molecule has 0 bridgehead atoms. The minimum absolute atomic E-state index is 0.0211. The van der Waals surface area contributed by atoms with Crippen LogP contribution in [-0.2, 0) is 14.8 Å². The molecule has 2 heterocycles. The Morgan fingerprint density at radius 1 is 0.926 bits per heavy atom. The van der Waals surface area contributed by atoms with Gasteiger partial charge in [-0.25, -0.2) is 8.42 Å². The Morgan fingerprint density at radius 2 is 1.63 bits per heavy atom. The van der Waals surface area contributed by atoms with E-state index in [1.54, 1.807) is 23.1 Å². The number of carbonyl (C=O) groups is 1. The molecule has 0 aromatic heterocycles. The molecule has 0 aliphatic carbocycles. The van der Waals surface area contributed by atoms with Crippen LogP contribution >= 0.6 is 11.6 Å². The predicted molar refractivity (Wildman–Crippen MR) is 105 cm³/mol. The maximum atomic E-state index is 13.2. The second-order valence-electron chi connectivity index (χ2n) is 7.20. The lowest BCUT2D eigenvalue weighted by atomic mass is 9.79. The van der Waals surface area contributed by atoms with Crippen molar-refractivity contribution in [3.63, 3.8) is 0 Å². The number of halogens is 1. The van der Waals surface area contributed by atoms with Crippen molar-refractivity contribution in [3.8, 4) is 0 Å². The fourth-order valence-corrected chi connectivity index (χ4v) is 6.20. The molecule has 2 aromatic rings. The highest BCUT2D eigenvalue weighted by atomic mass is 35.5. The molecule has 2 aliphatic rings. The summed E-state index contributed by atoms with van der Waals surface area (Å²) in [6.07, 6.45) is 2.04. The lowest BCUT2D eigenvalue weighted by molar-refractivity contribution is -0.127. The Balaban J connectivity index is 1.62. The summed E-state index contributed by atoms with van der Waals surface area (Å²) in [5.74, 6) is 0.0211. The van der Waals surface area contributed by atoms with E-state index in [0.717, 1.165) is 5.69 Å². The summed E-state index contributed by atoms with van der Waals surface area (Å²) in [6.45, 7) is 1.24. The van der Waals surface area contributed by atoms with Crippen LogP contribution in [0.3, 0.4) is 0 Å². The molecule has 142 valence electrons. The first-order valence-corrected chi connectivity index (χ1v) is 10.9. The van der Waals surface area contributed by atoms with E-state index in [1.165, 1.54) is 10.4 Å². The molecule has 4 rings (SSSR count). The summed E-state index contributed by atoms with van der Waals surface area (Å²) in [7, 11) is -3.73. The lowest BCUT2D eigenvalue weighted by Crippen LogP contribution is -2.49. The maximum Gasteiger partial charge on any atom is 0.244 e. The number of hydrogen-bond acceptors (Lipinski definition) is 3. The van der Waals surface area contributed by atoms with E-state index >= 15 is 0 Å². The van der Waals surface area contributed by atoms with Gasteiger partial charge in [0.1, 0.15) is 4.90 Å². The summed E-state index contributed by atoms with van der Waals surface area (Å²) < 4.78 is 27.7. The number of hydrogen-bond donors (Lipinski definition) is 0. The fourth-order valence-electron chi connectivity index (χ4n) is 4.14. The van der Waals surface area contributed by atoms with Gasteiger partial charge in [0.2, 0.25) is 15.9 Å². The van der Waals surface area contributed by atoms with E-state index in [4.69, 9.17) is 11.6 Å². The van der Waals surface area contributed by atoms with Gasteiger partial charge in [0, 0.05) is 25.3 Å². The van der Waals surface area contributed by atoms with Gasteiger partial charge in [-0.2, -0.15) is 4.31 Å². The SMILES string of the molecule is O=C1N(c2ccccc2)CCC12CCCN(S(=O)(=O)c1ccccc1Cl)C2. The molecule has 7 heteroatoms. The van der Waals surface area contributed by atoms with E-state index < -0.39 is 15.4 Å². The van der Waals surface area contributed by atoms with Gasteiger partial charge in [-0.1, -0.05) is 41.9 Å². The quantitative estimate of drug-likeness (QED) is 0.786. The van der Waals surface area contributed by atoms with Crippen LogP contribution in [0.5, 0.6) is 0 Å². The van der Waals surface area contributed by atoms with Gasteiger partial charge in [0.05, 0.1) is 10.4 Å². The average molecular weight is 405 g/mol. The number of sulfonamides is 1. The summed E-state index contributed by atoms with van der Waals surface area (Å²) >= 11 is 6.13. The maximum absolute atomic E-state index is 13.2. The van der Waals surface area contributed by atoms with Crippen LogP contribution in [0.1, 0.15) is 19.3 Å². The number of para-hydroxylation sites is 1. The van der Waals surface area contributed by atoms with Crippen LogP contribution < -0.4 is 4.90 Å². The molecule has 0 N–H and O–H groups in total. The summed E-state index contributed by atoms with van der Waals surface area (Å²) in [5, 5.41) is 0.209. The van der Waals surface area contributed by atoms with Gasteiger partial charge in [0.25, 0.3) is 0 Å². The Morgan fingerprint density at radius 3 is 2.37 bits per heavy atom. The second kappa shape index (κ2) is 6.93. The van der Waals surface area contributed by atoms with Crippen molar-refractivity contribution in [2.24, 2.45) is 5.41 Å². The van der Waals surface area contributed by atoms with Crippen molar-refractivity contribution in [2.75, 3.05) is 24.5 Å². The third-order valence-corrected chi connectivity index (χ3v) is 7.92. The third kappa shape index (κ3) is 3.16. The highest BCUT2D eigenvalue weighted by Gasteiger charge is 2.51. The molecule has 1 amide bonds. The number of rotatable bonds is 3. The van der Waals surface area contributed by atoms with E-state index in [1.807, 2.05) is 30.3 Å². The minimum Gasteiger partial charge on any atom is -0.312 e. The molecule has 2 fully saturated rings. The van der Waals surface area contributed by atoms with Crippen LogP contribution in [0.4, 0.5) is 5.69 Å². The van der Waals surface area contributed by atoms with Crippen molar-refractivity contribution in [1.82, 2.24) is 4.31 Å². The summed E-state index contributed by atoms with van der Waals surface area (Å²) in [5.41, 5.74) is 0.216. The Labute approximate surface area is 164 Å². The normalized spacial score (nSPS) is 23.9. The van der Waals surface area contributed by atoms with Crippen molar-refractivity contribution < 1.29 is 13.2 Å². The fraction of sp³-hybridized carbons (Fsp3) is 0.350. The Bertz CT molecular complexity index is 964. The van der Waals surface area contributed by atoms with E-state index in [9.17, 15) is 13.2 Å². The van der Waals surface area contributed by atoms with Gasteiger partial charge in [-0.05, 0) is 43.5 Å². The number of nitrogens with zero attached hydrogens (tertiary/aromatic N) is 2. The molecule has 1 atom stereocenters. The number of benzene rings is 2. The lowest BCUT2D eigenvalue weighted by Gasteiger charge is -2.38. The standard InChI is InChI=1S/C20H21ClN2O3S/c21-17-9-4-5-10-18(17)27(25,26)22-13-6-11-20(15-22)12-14-23(19(20)24)16-7-2-1-3-8-16/h1-5,7-10H,6,11-15H2. The molecule has 27 heavy (non-hydrogen) atoms. The number of carbonyl (C=O) groups excluding carboxylic acids is 1. The minimum atomic E-state index is -3.73. The first-order chi connectivity index (χ1) is 12.9. The van der Waals surface area contributed by atoms with Gasteiger partial charge >= 0.3 is 0 Å². The third-order valence-electron chi connectivity index (χ3n) is 5.58. The average Bonchev–Trinajstić information content (AvgIpc) is 2.98. The topological polar surface area (TPSA) is 57.7 Å². The molecule has 1 unspecified atom stereocenters. The van der Waals surface area contributed by atoms with Crippen molar-refractivity contribution >= 4 is 33.2 Å². The van der Waals surface area contributed by atoms with Crippen molar-refractivity contribution in [2.45, 2.75) is 24.2 Å².